The molecule has 1 heterocycles. The number of anilines is 1. The molecule has 2 aromatic carbocycles. The van der Waals surface area contributed by atoms with Gasteiger partial charge in [0.25, 0.3) is 11.5 Å². The van der Waals surface area contributed by atoms with E-state index in [0.717, 1.165) is 18.2 Å². The van der Waals surface area contributed by atoms with E-state index in [0.29, 0.717) is 17.0 Å². The third kappa shape index (κ3) is 3.69. The first-order valence-corrected chi connectivity index (χ1v) is 8.00. The molecule has 0 aliphatic heterocycles. The number of para-hydroxylation sites is 1. The second-order valence-electron chi connectivity index (χ2n) is 5.75. The van der Waals surface area contributed by atoms with Crippen LogP contribution in [0.3, 0.4) is 0 Å². The smallest absolute Gasteiger partial charge is 0.252 e. The van der Waals surface area contributed by atoms with Gasteiger partial charge in [0.05, 0.1) is 16.8 Å². The molecule has 0 radical (unpaired) electrons. The summed E-state index contributed by atoms with van der Waals surface area (Å²) in [6.07, 6.45) is 0. The summed E-state index contributed by atoms with van der Waals surface area (Å²) in [7, 11) is 1.45. The summed E-state index contributed by atoms with van der Waals surface area (Å²) in [6, 6.07) is 10.5. The van der Waals surface area contributed by atoms with E-state index in [9.17, 15) is 23.2 Å². The second kappa shape index (κ2) is 7.36. The Bertz CT molecular complexity index is 1110. The lowest BCUT2D eigenvalue weighted by Gasteiger charge is -2.13. The maximum Gasteiger partial charge on any atom is 0.252 e. The lowest BCUT2D eigenvalue weighted by Crippen LogP contribution is -2.30. The number of carbonyl (C=O) groups excluding carboxylic acids is 2. The molecular weight excluding hydrogens is 356 g/mol. The third-order valence-corrected chi connectivity index (χ3v) is 4.00. The second-order valence-corrected chi connectivity index (χ2v) is 5.75. The summed E-state index contributed by atoms with van der Waals surface area (Å²) in [4.78, 5) is 36.7. The van der Waals surface area contributed by atoms with Gasteiger partial charge >= 0.3 is 0 Å². The lowest BCUT2D eigenvalue weighted by molar-refractivity contribution is -0.116. The van der Waals surface area contributed by atoms with Gasteiger partial charge in [-0.1, -0.05) is 18.2 Å². The zero-order valence-electron chi connectivity index (χ0n) is 14.3. The maximum atomic E-state index is 13.7. The van der Waals surface area contributed by atoms with Gasteiger partial charge in [0.1, 0.15) is 18.2 Å². The van der Waals surface area contributed by atoms with Crippen LogP contribution in [0.15, 0.2) is 53.3 Å². The summed E-state index contributed by atoms with van der Waals surface area (Å²) in [6.45, 7) is -0.399. The number of benzene rings is 2. The third-order valence-electron chi connectivity index (χ3n) is 4.00. The van der Waals surface area contributed by atoms with Crippen molar-refractivity contribution < 1.29 is 18.4 Å². The number of hydrogen-bond donors (Lipinski definition) is 2. The molecule has 0 atom stereocenters. The number of nitrogens with one attached hydrogen (secondary N) is 2. The predicted molar refractivity (Wildman–Crippen MR) is 96.6 cm³/mol. The molecule has 1 aromatic heterocycles. The molecule has 0 bridgehead atoms. The molecule has 0 fully saturated rings. The summed E-state index contributed by atoms with van der Waals surface area (Å²) < 4.78 is 27.8. The highest BCUT2D eigenvalue weighted by Crippen LogP contribution is 2.18. The fourth-order valence-electron chi connectivity index (χ4n) is 2.74. The Morgan fingerprint density at radius 2 is 1.81 bits per heavy atom. The number of hydrogen-bond acceptors (Lipinski definition) is 3. The Hall–Kier alpha value is -3.55. The number of aromatic nitrogens is 1. The minimum Gasteiger partial charge on any atom is -0.355 e. The minimum atomic E-state index is -0.921. The van der Waals surface area contributed by atoms with Crippen molar-refractivity contribution in [2.24, 2.45) is 0 Å². The van der Waals surface area contributed by atoms with Crippen molar-refractivity contribution in [3.05, 3.63) is 76.1 Å². The molecule has 3 aromatic rings. The average molecular weight is 371 g/mol. The highest BCUT2D eigenvalue weighted by Gasteiger charge is 2.16. The molecular formula is C19H15F2N3O3. The normalized spacial score (nSPS) is 10.6. The van der Waals surface area contributed by atoms with E-state index in [1.807, 2.05) is 0 Å². The van der Waals surface area contributed by atoms with Gasteiger partial charge in [0.15, 0.2) is 0 Å². The molecule has 0 saturated heterocycles. The van der Waals surface area contributed by atoms with E-state index >= 15 is 0 Å². The van der Waals surface area contributed by atoms with Crippen LogP contribution >= 0.6 is 0 Å². The fourth-order valence-corrected chi connectivity index (χ4v) is 2.74. The largest absolute Gasteiger partial charge is 0.355 e. The first-order valence-electron chi connectivity index (χ1n) is 8.00. The van der Waals surface area contributed by atoms with Crippen LogP contribution in [0.2, 0.25) is 0 Å². The van der Waals surface area contributed by atoms with E-state index in [4.69, 9.17) is 0 Å². The molecule has 138 valence electrons. The minimum absolute atomic E-state index is 0.194. The van der Waals surface area contributed by atoms with Crippen LogP contribution < -0.4 is 16.2 Å². The van der Waals surface area contributed by atoms with Crippen LogP contribution in [-0.4, -0.2) is 23.4 Å². The first kappa shape index (κ1) is 18.2. The summed E-state index contributed by atoms with van der Waals surface area (Å²) in [5, 5.41) is 5.27. The lowest BCUT2D eigenvalue weighted by atomic mass is 10.1. The molecule has 27 heavy (non-hydrogen) atoms. The van der Waals surface area contributed by atoms with Crippen molar-refractivity contribution in [2.45, 2.75) is 6.54 Å². The highest BCUT2D eigenvalue weighted by atomic mass is 19.1. The standard InChI is InChI=1S/C19H15F2N3O3/c1-22-19(27)13-9-18(26)24(16-5-3-2-4-12(13)16)10-17(25)23-15-7-6-11(20)8-14(15)21/h2-9H,10H2,1H3,(H,22,27)(H,23,25). The van der Waals surface area contributed by atoms with Gasteiger partial charge in [-0.05, 0) is 18.2 Å². The van der Waals surface area contributed by atoms with Crippen LogP contribution in [0.5, 0.6) is 0 Å². The Kier molecular flexibility index (Phi) is 4.98. The number of halogens is 2. The predicted octanol–water partition coefficient (Wildman–Crippen LogP) is 2.28. The van der Waals surface area contributed by atoms with Crippen LogP contribution in [-0.2, 0) is 11.3 Å². The number of nitrogens with zero attached hydrogens (tertiary/aromatic N) is 1. The van der Waals surface area contributed by atoms with Crippen LogP contribution in [0, 0.1) is 11.6 Å². The Morgan fingerprint density at radius 1 is 1.07 bits per heavy atom. The van der Waals surface area contributed by atoms with E-state index in [2.05, 4.69) is 10.6 Å². The average Bonchev–Trinajstić information content (AvgIpc) is 2.65. The molecule has 0 aliphatic carbocycles. The zero-order valence-corrected chi connectivity index (χ0v) is 14.3. The van der Waals surface area contributed by atoms with Crippen molar-refractivity contribution in [3.63, 3.8) is 0 Å². The molecule has 0 unspecified atom stereocenters. The zero-order chi connectivity index (χ0) is 19.6. The van der Waals surface area contributed by atoms with Crippen LogP contribution in [0.4, 0.5) is 14.5 Å². The van der Waals surface area contributed by atoms with E-state index < -0.39 is 35.6 Å². The Balaban J connectivity index is 1.97. The van der Waals surface area contributed by atoms with Gasteiger partial charge in [-0.15, -0.1) is 0 Å². The van der Waals surface area contributed by atoms with Crippen molar-refractivity contribution in [1.29, 1.82) is 0 Å². The van der Waals surface area contributed by atoms with E-state index in [1.165, 1.54) is 11.6 Å². The molecule has 6 nitrogen and oxygen atoms in total. The topological polar surface area (TPSA) is 80.2 Å². The summed E-state index contributed by atoms with van der Waals surface area (Å²) in [5.41, 5.74) is -0.166. The van der Waals surface area contributed by atoms with Gasteiger partial charge in [-0.25, -0.2) is 8.78 Å². The van der Waals surface area contributed by atoms with Gasteiger partial charge in [0.2, 0.25) is 5.91 Å². The number of fused-ring (bicyclic) bond motifs is 1. The molecule has 0 saturated carbocycles. The van der Waals surface area contributed by atoms with Gasteiger partial charge in [-0.2, -0.15) is 0 Å². The number of rotatable bonds is 4. The highest BCUT2D eigenvalue weighted by molar-refractivity contribution is 6.06. The molecule has 0 spiro atoms. The molecule has 0 aliphatic rings. The quantitative estimate of drug-likeness (QED) is 0.738. The number of pyridine rings is 1. The van der Waals surface area contributed by atoms with Gasteiger partial charge < -0.3 is 10.6 Å². The fraction of sp³-hybridized carbons (Fsp3) is 0.105. The summed E-state index contributed by atoms with van der Waals surface area (Å²) in [5.74, 6) is -2.78. The summed E-state index contributed by atoms with van der Waals surface area (Å²) >= 11 is 0. The van der Waals surface area contributed by atoms with Crippen LogP contribution in [0.25, 0.3) is 10.9 Å². The van der Waals surface area contributed by atoms with Gasteiger partial charge in [-0.3, -0.25) is 19.0 Å². The Labute approximate surface area is 152 Å². The monoisotopic (exact) mass is 371 g/mol. The molecule has 8 heteroatoms. The first-order chi connectivity index (χ1) is 12.9. The number of amides is 2. The van der Waals surface area contributed by atoms with Gasteiger partial charge in [0, 0.05) is 24.6 Å². The molecule has 2 N–H and O–H groups in total. The Morgan fingerprint density at radius 3 is 2.52 bits per heavy atom. The van der Waals surface area contributed by atoms with Crippen molar-refractivity contribution >= 4 is 28.4 Å². The van der Waals surface area contributed by atoms with E-state index in [1.54, 1.807) is 24.3 Å². The van der Waals surface area contributed by atoms with Crippen molar-refractivity contribution in [3.8, 4) is 0 Å². The van der Waals surface area contributed by atoms with Crippen LogP contribution in [0.1, 0.15) is 10.4 Å². The van der Waals surface area contributed by atoms with E-state index in [-0.39, 0.29) is 11.3 Å². The molecule has 2 amide bonds. The van der Waals surface area contributed by atoms with Crippen molar-refractivity contribution in [1.82, 2.24) is 9.88 Å². The maximum absolute atomic E-state index is 13.7. The van der Waals surface area contributed by atoms with Crippen molar-refractivity contribution in [2.75, 3.05) is 12.4 Å². The number of carbonyl (C=O) groups is 2. The SMILES string of the molecule is CNC(=O)c1cc(=O)n(CC(=O)Nc2ccc(F)cc2F)c2ccccc12. The molecule has 3 rings (SSSR count).